The Morgan fingerprint density at radius 3 is 2.83 bits per heavy atom. The third kappa shape index (κ3) is 2.96. The van der Waals surface area contributed by atoms with E-state index in [1.165, 1.54) is 29.2 Å². The summed E-state index contributed by atoms with van der Waals surface area (Å²) in [7, 11) is -3.30. The number of hydrogen-bond acceptors (Lipinski definition) is 6. The number of likely N-dealkylation sites (tertiary alicyclic amines) is 1. The van der Waals surface area contributed by atoms with Gasteiger partial charge in [-0.05, 0) is 12.3 Å². The summed E-state index contributed by atoms with van der Waals surface area (Å²) in [6.45, 7) is 1.37. The lowest BCUT2D eigenvalue weighted by Crippen LogP contribution is -2.52. The molecule has 2 fully saturated rings. The van der Waals surface area contributed by atoms with E-state index in [9.17, 15) is 18.3 Å². The Balaban J connectivity index is 1.81. The van der Waals surface area contributed by atoms with Gasteiger partial charge >= 0.3 is 0 Å². The van der Waals surface area contributed by atoms with E-state index in [4.69, 9.17) is 0 Å². The number of sulfonamides is 1. The second-order valence-corrected chi connectivity index (χ2v) is 8.36. The lowest BCUT2D eigenvalue weighted by Gasteiger charge is -2.42. The molecule has 8 nitrogen and oxygen atoms in total. The van der Waals surface area contributed by atoms with E-state index in [1.54, 1.807) is 4.90 Å². The van der Waals surface area contributed by atoms with Crippen molar-refractivity contribution < 1.29 is 18.3 Å². The molecule has 1 aromatic heterocycles. The van der Waals surface area contributed by atoms with Crippen LogP contribution in [-0.2, 0) is 10.0 Å². The highest BCUT2D eigenvalue weighted by molar-refractivity contribution is 7.88. The molecule has 0 aromatic carbocycles. The highest BCUT2D eigenvalue weighted by Crippen LogP contribution is 2.42. The Kier molecular flexibility index (Phi) is 4.11. The van der Waals surface area contributed by atoms with Gasteiger partial charge in [0.15, 0.2) is 0 Å². The van der Waals surface area contributed by atoms with Gasteiger partial charge in [-0.15, -0.1) is 0 Å². The number of piperidine rings is 1. The zero-order valence-electron chi connectivity index (χ0n) is 12.9. The largest absolute Gasteiger partial charge is 0.396 e. The Bertz CT molecular complexity index is 696. The van der Waals surface area contributed by atoms with Crippen molar-refractivity contribution in [2.45, 2.75) is 6.42 Å². The number of aliphatic hydroxyl groups excluding tert-OH is 1. The van der Waals surface area contributed by atoms with Gasteiger partial charge in [0.2, 0.25) is 10.0 Å². The minimum absolute atomic E-state index is 0.0631. The maximum atomic E-state index is 12.5. The van der Waals surface area contributed by atoms with Gasteiger partial charge in [0.05, 0.1) is 19.1 Å². The van der Waals surface area contributed by atoms with E-state index in [1.807, 2.05) is 0 Å². The first-order chi connectivity index (χ1) is 10.9. The molecule has 2 atom stereocenters. The fourth-order valence-electron chi connectivity index (χ4n) is 3.56. The van der Waals surface area contributed by atoms with Gasteiger partial charge in [-0.1, -0.05) is 0 Å². The molecule has 0 spiro atoms. The summed E-state index contributed by atoms with van der Waals surface area (Å²) in [6.07, 6.45) is 6.22. The molecule has 2 aliphatic rings. The smallest absolute Gasteiger partial charge is 0.274 e. The van der Waals surface area contributed by atoms with Crippen molar-refractivity contribution in [3.8, 4) is 0 Å². The zero-order chi connectivity index (χ0) is 16.7. The summed E-state index contributed by atoms with van der Waals surface area (Å²) in [5.41, 5.74) is -0.337. The third-order valence-electron chi connectivity index (χ3n) is 4.89. The number of carbonyl (C=O) groups excluding carboxylic acids is 1. The predicted molar refractivity (Wildman–Crippen MR) is 82.0 cm³/mol. The molecule has 23 heavy (non-hydrogen) atoms. The molecule has 126 valence electrons. The Morgan fingerprint density at radius 1 is 1.43 bits per heavy atom. The molecule has 0 saturated carbocycles. The molecule has 0 bridgehead atoms. The van der Waals surface area contributed by atoms with Crippen LogP contribution in [0, 0.1) is 11.3 Å². The zero-order valence-corrected chi connectivity index (χ0v) is 13.7. The monoisotopic (exact) mass is 340 g/mol. The second-order valence-electron chi connectivity index (χ2n) is 6.38. The van der Waals surface area contributed by atoms with Crippen molar-refractivity contribution in [2.75, 3.05) is 39.0 Å². The highest BCUT2D eigenvalue weighted by atomic mass is 32.2. The number of carbonyl (C=O) groups is 1. The van der Waals surface area contributed by atoms with Crippen LogP contribution in [0.15, 0.2) is 18.6 Å². The molecule has 3 heterocycles. The van der Waals surface area contributed by atoms with E-state index in [0.29, 0.717) is 26.1 Å². The van der Waals surface area contributed by atoms with Crippen molar-refractivity contribution in [1.29, 1.82) is 0 Å². The van der Waals surface area contributed by atoms with Gasteiger partial charge in [-0.25, -0.2) is 17.7 Å². The fourth-order valence-corrected chi connectivity index (χ4v) is 4.50. The third-order valence-corrected chi connectivity index (χ3v) is 6.10. The molecule has 0 aliphatic carbocycles. The second kappa shape index (κ2) is 5.81. The molecular weight excluding hydrogens is 320 g/mol. The van der Waals surface area contributed by atoms with Crippen LogP contribution in [0.1, 0.15) is 16.9 Å². The van der Waals surface area contributed by atoms with E-state index < -0.39 is 15.4 Å². The lowest BCUT2D eigenvalue weighted by atomic mass is 9.74. The molecular formula is C14H20N4O4S. The molecule has 1 aromatic rings. The van der Waals surface area contributed by atoms with Gasteiger partial charge in [-0.3, -0.25) is 9.78 Å². The Morgan fingerprint density at radius 2 is 2.22 bits per heavy atom. The van der Waals surface area contributed by atoms with Crippen molar-refractivity contribution in [3.05, 3.63) is 24.3 Å². The number of aliphatic hydroxyl groups is 1. The number of amides is 1. The van der Waals surface area contributed by atoms with Crippen molar-refractivity contribution >= 4 is 15.9 Å². The van der Waals surface area contributed by atoms with Crippen LogP contribution >= 0.6 is 0 Å². The van der Waals surface area contributed by atoms with Gasteiger partial charge in [0.25, 0.3) is 5.91 Å². The van der Waals surface area contributed by atoms with E-state index in [0.717, 1.165) is 0 Å². The van der Waals surface area contributed by atoms with Crippen molar-refractivity contribution in [1.82, 2.24) is 19.2 Å². The minimum Gasteiger partial charge on any atom is -0.396 e. The maximum absolute atomic E-state index is 12.5. The van der Waals surface area contributed by atoms with E-state index in [-0.39, 0.29) is 30.7 Å². The topological polar surface area (TPSA) is 104 Å². The molecule has 0 unspecified atom stereocenters. The Hall–Kier alpha value is -1.58. The van der Waals surface area contributed by atoms with Crippen LogP contribution in [0.3, 0.4) is 0 Å². The van der Waals surface area contributed by atoms with Crippen LogP contribution in [0.4, 0.5) is 0 Å². The summed E-state index contributed by atoms with van der Waals surface area (Å²) in [5.74, 6) is -0.171. The molecule has 0 radical (unpaired) electrons. The van der Waals surface area contributed by atoms with Crippen LogP contribution in [0.2, 0.25) is 0 Å². The van der Waals surface area contributed by atoms with Gasteiger partial charge in [0.1, 0.15) is 5.69 Å². The molecule has 9 heteroatoms. The molecule has 2 aliphatic heterocycles. The number of aromatic nitrogens is 2. The molecule has 3 rings (SSSR count). The summed E-state index contributed by atoms with van der Waals surface area (Å²) in [5, 5.41) is 9.92. The highest BCUT2D eigenvalue weighted by Gasteiger charge is 2.52. The van der Waals surface area contributed by atoms with Gasteiger partial charge < -0.3 is 10.0 Å². The fraction of sp³-hybridized carbons (Fsp3) is 0.643. The van der Waals surface area contributed by atoms with Crippen LogP contribution in [-0.4, -0.2) is 77.6 Å². The first-order valence-electron chi connectivity index (χ1n) is 7.47. The number of hydrogen-bond donors (Lipinski definition) is 1. The predicted octanol–water partition coefficient (Wildman–Crippen LogP) is -0.807. The van der Waals surface area contributed by atoms with Gasteiger partial charge in [0, 0.05) is 44.0 Å². The average Bonchev–Trinajstić information content (AvgIpc) is 2.94. The Labute approximate surface area is 135 Å². The van der Waals surface area contributed by atoms with Crippen molar-refractivity contribution in [2.24, 2.45) is 11.3 Å². The summed E-state index contributed by atoms with van der Waals surface area (Å²) < 4.78 is 25.0. The first kappa shape index (κ1) is 16.3. The summed E-state index contributed by atoms with van der Waals surface area (Å²) in [6, 6.07) is 0. The molecule has 2 saturated heterocycles. The maximum Gasteiger partial charge on any atom is 0.274 e. The number of fused-ring (bicyclic) bond motifs is 1. The van der Waals surface area contributed by atoms with E-state index in [2.05, 4.69) is 9.97 Å². The summed E-state index contributed by atoms with van der Waals surface area (Å²) in [4.78, 5) is 22.1. The quantitative estimate of drug-likeness (QED) is 0.772. The number of nitrogens with zero attached hydrogens (tertiary/aromatic N) is 4. The summed E-state index contributed by atoms with van der Waals surface area (Å²) >= 11 is 0. The van der Waals surface area contributed by atoms with Crippen LogP contribution in [0.5, 0.6) is 0 Å². The number of rotatable bonds is 3. The average molecular weight is 340 g/mol. The minimum atomic E-state index is -3.30. The SMILES string of the molecule is CS(=O)(=O)N1C[C@@H]2CCN(C(=O)c3cnccn3)C[C@]2(CO)C1. The van der Waals surface area contributed by atoms with Gasteiger partial charge in [-0.2, -0.15) is 0 Å². The van der Waals surface area contributed by atoms with Crippen LogP contribution < -0.4 is 0 Å². The standard InChI is InChI=1S/C14H20N4O4S/c1-23(21,22)18-7-11-2-5-17(8-14(11,9-18)10-19)13(20)12-6-15-3-4-16-12/h3-4,6,11,19H,2,5,7-10H2,1H3/t11-,14+/m0/s1. The van der Waals surface area contributed by atoms with Crippen LogP contribution in [0.25, 0.3) is 0 Å². The first-order valence-corrected chi connectivity index (χ1v) is 9.32. The normalized spacial score (nSPS) is 28.6. The molecule has 1 amide bonds. The molecule has 1 N–H and O–H groups in total. The lowest BCUT2D eigenvalue weighted by molar-refractivity contribution is 0.0126. The van der Waals surface area contributed by atoms with E-state index >= 15 is 0 Å². The van der Waals surface area contributed by atoms with Crippen molar-refractivity contribution in [3.63, 3.8) is 0 Å².